The number of halogens is 1. The van der Waals surface area contributed by atoms with E-state index >= 15 is 0 Å². The standard InChI is InChI=1S/C14H18BrN3/c1-18-13-5-4-10(8-12(13)14(15)17-18)7-11-3-2-6-16-9-11/h4-5,8,11,16H,2-3,6-7,9H2,1H3. The monoisotopic (exact) mass is 307 g/mol. The molecule has 0 radical (unpaired) electrons. The first kappa shape index (κ1) is 12.2. The second-order valence-electron chi connectivity index (χ2n) is 5.18. The lowest BCUT2D eigenvalue weighted by molar-refractivity contribution is 0.376. The number of nitrogens with one attached hydrogen (secondary N) is 1. The van der Waals surface area contributed by atoms with E-state index in [9.17, 15) is 0 Å². The molecule has 18 heavy (non-hydrogen) atoms. The molecule has 1 atom stereocenters. The first-order valence-corrected chi connectivity index (χ1v) is 7.35. The number of rotatable bonds is 2. The largest absolute Gasteiger partial charge is 0.316 e. The number of hydrogen-bond acceptors (Lipinski definition) is 2. The molecule has 1 saturated heterocycles. The van der Waals surface area contributed by atoms with Crippen molar-refractivity contribution >= 4 is 26.8 Å². The van der Waals surface area contributed by atoms with Gasteiger partial charge in [-0.2, -0.15) is 5.10 Å². The van der Waals surface area contributed by atoms with Gasteiger partial charge in [0.2, 0.25) is 0 Å². The van der Waals surface area contributed by atoms with E-state index in [-0.39, 0.29) is 0 Å². The summed E-state index contributed by atoms with van der Waals surface area (Å²) in [7, 11) is 1.98. The number of aryl methyl sites for hydroxylation is 1. The van der Waals surface area contributed by atoms with E-state index in [2.05, 4.69) is 44.5 Å². The molecule has 3 nitrogen and oxygen atoms in total. The van der Waals surface area contributed by atoms with Gasteiger partial charge in [0, 0.05) is 12.4 Å². The fourth-order valence-corrected chi connectivity index (χ4v) is 3.38. The van der Waals surface area contributed by atoms with Crippen LogP contribution in [0.4, 0.5) is 0 Å². The van der Waals surface area contributed by atoms with Crippen LogP contribution in [0.3, 0.4) is 0 Å². The predicted molar refractivity (Wildman–Crippen MR) is 77.7 cm³/mol. The smallest absolute Gasteiger partial charge is 0.135 e. The molecular weight excluding hydrogens is 290 g/mol. The Bertz CT molecular complexity index is 555. The van der Waals surface area contributed by atoms with Crippen LogP contribution in [0, 0.1) is 5.92 Å². The van der Waals surface area contributed by atoms with E-state index in [1.165, 1.54) is 42.3 Å². The van der Waals surface area contributed by atoms with Crippen molar-refractivity contribution in [3.05, 3.63) is 28.4 Å². The van der Waals surface area contributed by atoms with Crippen LogP contribution < -0.4 is 5.32 Å². The summed E-state index contributed by atoms with van der Waals surface area (Å²) in [5.41, 5.74) is 2.61. The highest BCUT2D eigenvalue weighted by molar-refractivity contribution is 9.10. The molecule has 1 aliphatic heterocycles. The van der Waals surface area contributed by atoms with E-state index < -0.39 is 0 Å². The maximum atomic E-state index is 4.40. The third-order valence-corrected chi connectivity index (χ3v) is 4.38. The molecule has 0 saturated carbocycles. The zero-order valence-corrected chi connectivity index (χ0v) is 12.2. The molecule has 1 unspecified atom stereocenters. The van der Waals surface area contributed by atoms with E-state index in [1.54, 1.807) is 0 Å². The summed E-state index contributed by atoms with van der Waals surface area (Å²) in [6.07, 6.45) is 3.83. The molecular formula is C14H18BrN3. The van der Waals surface area contributed by atoms with Gasteiger partial charge in [0.25, 0.3) is 0 Å². The van der Waals surface area contributed by atoms with Crippen molar-refractivity contribution in [2.75, 3.05) is 13.1 Å². The Morgan fingerprint density at radius 2 is 2.39 bits per heavy atom. The minimum absolute atomic E-state index is 0.784. The van der Waals surface area contributed by atoms with Gasteiger partial charge in [0.15, 0.2) is 0 Å². The van der Waals surface area contributed by atoms with Gasteiger partial charge in [-0.15, -0.1) is 0 Å². The maximum Gasteiger partial charge on any atom is 0.135 e. The van der Waals surface area contributed by atoms with E-state index in [1.807, 2.05) is 11.7 Å². The zero-order valence-electron chi connectivity index (χ0n) is 10.6. The molecule has 4 heteroatoms. The Hall–Kier alpha value is -0.870. The number of piperidine rings is 1. The van der Waals surface area contributed by atoms with Gasteiger partial charge < -0.3 is 5.32 Å². The van der Waals surface area contributed by atoms with Crippen LogP contribution in [0.5, 0.6) is 0 Å². The van der Waals surface area contributed by atoms with Crippen LogP contribution in [-0.2, 0) is 13.5 Å². The molecule has 0 spiro atoms. The fraction of sp³-hybridized carbons (Fsp3) is 0.500. The van der Waals surface area contributed by atoms with Crippen LogP contribution in [0.25, 0.3) is 10.9 Å². The van der Waals surface area contributed by atoms with Crippen LogP contribution in [-0.4, -0.2) is 22.9 Å². The number of benzene rings is 1. The number of aromatic nitrogens is 2. The van der Waals surface area contributed by atoms with Crippen LogP contribution >= 0.6 is 15.9 Å². The van der Waals surface area contributed by atoms with Crippen molar-refractivity contribution in [3.63, 3.8) is 0 Å². The first-order chi connectivity index (χ1) is 8.74. The van der Waals surface area contributed by atoms with E-state index in [0.717, 1.165) is 17.1 Å². The summed E-state index contributed by atoms with van der Waals surface area (Å²) in [5.74, 6) is 0.784. The molecule has 0 bridgehead atoms. The van der Waals surface area contributed by atoms with E-state index in [4.69, 9.17) is 0 Å². The Morgan fingerprint density at radius 3 is 3.17 bits per heavy atom. The summed E-state index contributed by atoms with van der Waals surface area (Å²) in [5, 5.41) is 9.10. The average Bonchev–Trinajstić information content (AvgIpc) is 2.66. The molecule has 1 aliphatic rings. The van der Waals surface area contributed by atoms with Gasteiger partial charge in [-0.25, -0.2) is 0 Å². The van der Waals surface area contributed by atoms with Gasteiger partial charge in [-0.3, -0.25) is 4.68 Å². The minimum Gasteiger partial charge on any atom is -0.316 e. The summed E-state index contributed by atoms with van der Waals surface area (Å²) in [6.45, 7) is 2.34. The lowest BCUT2D eigenvalue weighted by atomic mass is 9.92. The zero-order chi connectivity index (χ0) is 12.5. The summed E-state index contributed by atoms with van der Waals surface area (Å²) < 4.78 is 2.87. The topological polar surface area (TPSA) is 29.9 Å². The lowest BCUT2D eigenvalue weighted by Gasteiger charge is -2.22. The van der Waals surface area contributed by atoms with Gasteiger partial charge in [0.1, 0.15) is 4.60 Å². The quantitative estimate of drug-likeness (QED) is 0.924. The maximum absolute atomic E-state index is 4.40. The second-order valence-corrected chi connectivity index (χ2v) is 5.93. The summed E-state index contributed by atoms with van der Waals surface area (Å²) in [4.78, 5) is 0. The molecule has 0 amide bonds. The van der Waals surface area contributed by atoms with Crippen LogP contribution in [0.2, 0.25) is 0 Å². The van der Waals surface area contributed by atoms with Crippen molar-refractivity contribution in [3.8, 4) is 0 Å². The summed E-state index contributed by atoms with van der Waals surface area (Å²) in [6, 6.07) is 6.70. The van der Waals surface area contributed by atoms with Gasteiger partial charge in [-0.1, -0.05) is 6.07 Å². The van der Waals surface area contributed by atoms with Crippen molar-refractivity contribution in [2.45, 2.75) is 19.3 Å². The number of hydrogen-bond donors (Lipinski definition) is 1. The Labute approximate surface area is 116 Å². The third-order valence-electron chi connectivity index (χ3n) is 3.79. The number of fused-ring (bicyclic) bond motifs is 1. The minimum atomic E-state index is 0.784. The van der Waals surface area contributed by atoms with Crippen molar-refractivity contribution in [1.82, 2.24) is 15.1 Å². The Balaban J connectivity index is 1.86. The second kappa shape index (κ2) is 5.02. The molecule has 96 valence electrons. The van der Waals surface area contributed by atoms with Gasteiger partial charge >= 0.3 is 0 Å². The normalized spacial score (nSPS) is 20.4. The highest BCUT2D eigenvalue weighted by Gasteiger charge is 2.14. The Morgan fingerprint density at radius 1 is 1.50 bits per heavy atom. The van der Waals surface area contributed by atoms with E-state index in [0.29, 0.717) is 0 Å². The summed E-state index contributed by atoms with van der Waals surface area (Å²) >= 11 is 3.53. The average molecular weight is 308 g/mol. The lowest BCUT2D eigenvalue weighted by Crippen LogP contribution is -2.30. The molecule has 0 aliphatic carbocycles. The molecule has 1 fully saturated rings. The Kier molecular flexibility index (Phi) is 3.39. The van der Waals surface area contributed by atoms with Crippen LogP contribution in [0.15, 0.2) is 22.8 Å². The highest BCUT2D eigenvalue weighted by atomic mass is 79.9. The molecule has 1 aromatic heterocycles. The van der Waals surface area contributed by atoms with Crippen molar-refractivity contribution < 1.29 is 0 Å². The first-order valence-electron chi connectivity index (χ1n) is 6.56. The highest BCUT2D eigenvalue weighted by Crippen LogP contribution is 2.25. The van der Waals surface area contributed by atoms with Crippen LogP contribution in [0.1, 0.15) is 18.4 Å². The predicted octanol–water partition coefficient (Wildman–Crippen LogP) is 2.88. The van der Waals surface area contributed by atoms with Gasteiger partial charge in [0.05, 0.1) is 5.52 Å². The van der Waals surface area contributed by atoms with Crippen molar-refractivity contribution in [2.24, 2.45) is 13.0 Å². The fourth-order valence-electron chi connectivity index (χ4n) is 2.83. The number of nitrogens with zero attached hydrogens (tertiary/aromatic N) is 2. The molecule has 2 aromatic rings. The van der Waals surface area contributed by atoms with Gasteiger partial charge in [-0.05, 0) is 71.9 Å². The molecule has 1 N–H and O–H groups in total. The van der Waals surface area contributed by atoms with Crippen molar-refractivity contribution in [1.29, 1.82) is 0 Å². The molecule has 1 aromatic carbocycles. The third kappa shape index (κ3) is 2.31. The molecule has 3 rings (SSSR count). The molecule has 2 heterocycles. The SMILES string of the molecule is Cn1nc(Br)c2cc(CC3CCCNC3)ccc21.